The van der Waals surface area contributed by atoms with Gasteiger partial charge in [0.1, 0.15) is 5.75 Å². The van der Waals surface area contributed by atoms with E-state index in [4.69, 9.17) is 4.74 Å². The van der Waals surface area contributed by atoms with E-state index in [-0.39, 0.29) is 5.91 Å². The minimum atomic E-state index is -0.145. The van der Waals surface area contributed by atoms with Crippen LogP contribution in [0.2, 0.25) is 0 Å². The minimum absolute atomic E-state index is 0.145. The molecule has 6 heteroatoms. The SMILES string of the molecule is COc1cccc(/C=C2/SC(=Nc3ccc(Br)cc3)NC2=O)c1. The highest BCUT2D eigenvalue weighted by Gasteiger charge is 2.23. The molecule has 0 unspecified atom stereocenters. The van der Waals surface area contributed by atoms with Crippen molar-refractivity contribution in [2.45, 2.75) is 0 Å². The van der Waals surface area contributed by atoms with Crippen LogP contribution in [0, 0.1) is 0 Å². The minimum Gasteiger partial charge on any atom is -0.497 e. The third kappa shape index (κ3) is 4.03. The summed E-state index contributed by atoms with van der Waals surface area (Å²) >= 11 is 4.71. The van der Waals surface area contributed by atoms with Gasteiger partial charge in [0, 0.05) is 4.47 Å². The number of rotatable bonds is 3. The highest BCUT2D eigenvalue weighted by atomic mass is 79.9. The second-order valence-corrected chi connectivity index (χ2v) is 6.68. The van der Waals surface area contributed by atoms with Gasteiger partial charge in [0.15, 0.2) is 5.17 Å². The van der Waals surface area contributed by atoms with Gasteiger partial charge in [-0.3, -0.25) is 4.79 Å². The van der Waals surface area contributed by atoms with Crippen LogP contribution >= 0.6 is 27.7 Å². The molecule has 116 valence electrons. The Morgan fingerprint density at radius 1 is 1.22 bits per heavy atom. The summed E-state index contributed by atoms with van der Waals surface area (Å²) in [6.45, 7) is 0. The molecule has 0 aromatic heterocycles. The molecule has 2 aromatic carbocycles. The number of hydrogen-bond donors (Lipinski definition) is 1. The van der Waals surface area contributed by atoms with E-state index in [0.29, 0.717) is 10.1 Å². The van der Waals surface area contributed by atoms with Crippen molar-refractivity contribution in [1.82, 2.24) is 5.32 Å². The number of halogens is 1. The monoisotopic (exact) mass is 388 g/mol. The Morgan fingerprint density at radius 3 is 2.74 bits per heavy atom. The third-order valence-electron chi connectivity index (χ3n) is 3.10. The lowest BCUT2D eigenvalue weighted by Gasteiger charge is -2.00. The van der Waals surface area contributed by atoms with Crippen LogP contribution in [0.25, 0.3) is 6.08 Å². The van der Waals surface area contributed by atoms with Gasteiger partial charge >= 0.3 is 0 Å². The van der Waals surface area contributed by atoms with E-state index in [2.05, 4.69) is 26.2 Å². The van der Waals surface area contributed by atoms with Crippen LogP contribution in [-0.4, -0.2) is 18.2 Å². The summed E-state index contributed by atoms with van der Waals surface area (Å²) in [5.41, 5.74) is 1.70. The molecular formula is C17H13BrN2O2S. The fourth-order valence-electron chi connectivity index (χ4n) is 2.00. The molecule has 4 nitrogen and oxygen atoms in total. The van der Waals surface area contributed by atoms with Crippen LogP contribution in [0.5, 0.6) is 5.75 Å². The number of ether oxygens (including phenoxy) is 1. The van der Waals surface area contributed by atoms with E-state index < -0.39 is 0 Å². The molecule has 2 aromatic rings. The van der Waals surface area contributed by atoms with Crippen LogP contribution in [0.3, 0.4) is 0 Å². The quantitative estimate of drug-likeness (QED) is 0.795. The first-order valence-electron chi connectivity index (χ1n) is 6.83. The Bertz CT molecular complexity index is 800. The molecule has 0 atom stereocenters. The van der Waals surface area contributed by atoms with Gasteiger partial charge < -0.3 is 10.1 Å². The van der Waals surface area contributed by atoms with Gasteiger partial charge in [0.05, 0.1) is 17.7 Å². The number of thioether (sulfide) groups is 1. The summed E-state index contributed by atoms with van der Waals surface area (Å²) in [7, 11) is 1.62. The summed E-state index contributed by atoms with van der Waals surface area (Å²) in [6.07, 6.45) is 1.83. The normalized spacial score (nSPS) is 17.6. The van der Waals surface area contributed by atoms with Crippen molar-refractivity contribution in [3.8, 4) is 5.75 Å². The largest absolute Gasteiger partial charge is 0.497 e. The van der Waals surface area contributed by atoms with Crippen LogP contribution in [0.4, 0.5) is 5.69 Å². The predicted molar refractivity (Wildman–Crippen MR) is 97.9 cm³/mol. The fourth-order valence-corrected chi connectivity index (χ4v) is 3.10. The fraction of sp³-hybridized carbons (Fsp3) is 0.0588. The zero-order valence-electron chi connectivity index (χ0n) is 12.2. The van der Waals surface area contributed by atoms with Crippen molar-refractivity contribution in [2.24, 2.45) is 4.99 Å². The topological polar surface area (TPSA) is 50.7 Å². The Kier molecular flexibility index (Phi) is 4.83. The lowest BCUT2D eigenvalue weighted by Crippen LogP contribution is -2.19. The number of carbonyl (C=O) groups is 1. The molecule has 1 fully saturated rings. The van der Waals surface area contributed by atoms with Crippen LogP contribution in [-0.2, 0) is 4.79 Å². The van der Waals surface area contributed by atoms with Crippen LogP contribution < -0.4 is 10.1 Å². The lowest BCUT2D eigenvalue weighted by atomic mass is 10.2. The van der Waals surface area contributed by atoms with Gasteiger partial charge in [-0.05, 0) is 59.8 Å². The van der Waals surface area contributed by atoms with E-state index >= 15 is 0 Å². The van der Waals surface area contributed by atoms with Gasteiger partial charge in [0.2, 0.25) is 0 Å². The van der Waals surface area contributed by atoms with Crippen molar-refractivity contribution >= 4 is 50.5 Å². The second kappa shape index (κ2) is 7.02. The highest BCUT2D eigenvalue weighted by molar-refractivity contribution is 9.10. The smallest absolute Gasteiger partial charge is 0.264 e. The number of nitrogens with one attached hydrogen (secondary N) is 1. The number of carbonyl (C=O) groups excluding carboxylic acids is 1. The predicted octanol–water partition coefficient (Wildman–Crippen LogP) is 4.35. The molecule has 0 saturated carbocycles. The van der Waals surface area contributed by atoms with Gasteiger partial charge in [-0.2, -0.15) is 0 Å². The Hall–Kier alpha value is -2.05. The van der Waals surface area contributed by atoms with E-state index in [1.165, 1.54) is 11.8 Å². The maximum Gasteiger partial charge on any atom is 0.264 e. The first-order valence-corrected chi connectivity index (χ1v) is 8.44. The van der Waals surface area contributed by atoms with E-state index in [1.54, 1.807) is 7.11 Å². The molecule has 1 amide bonds. The first-order chi connectivity index (χ1) is 11.1. The maximum atomic E-state index is 12.1. The number of hydrogen-bond acceptors (Lipinski definition) is 4. The third-order valence-corrected chi connectivity index (χ3v) is 4.54. The average molecular weight is 389 g/mol. The average Bonchev–Trinajstić information content (AvgIpc) is 2.89. The zero-order valence-corrected chi connectivity index (χ0v) is 14.6. The zero-order chi connectivity index (χ0) is 16.2. The molecule has 1 aliphatic heterocycles. The Morgan fingerprint density at radius 2 is 2.00 bits per heavy atom. The van der Waals surface area contributed by atoms with Crippen molar-refractivity contribution in [3.63, 3.8) is 0 Å². The molecule has 1 saturated heterocycles. The summed E-state index contributed by atoms with van der Waals surface area (Å²) in [5, 5.41) is 3.35. The molecule has 0 radical (unpaired) electrons. The maximum absolute atomic E-state index is 12.1. The van der Waals surface area contributed by atoms with Crippen LogP contribution in [0.1, 0.15) is 5.56 Å². The van der Waals surface area contributed by atoms with Crippen molar-refractivity contribution < 1.29 is 9.53 Å². The number of amidine groups is 1. The standard InChI is InChI=1S/C17H13BrN2O2S/c1-22-14-4-2-3-11(9-14)10-15-16(21)20-17(23-15)19-13-7-5-12(18)6-8-13/h2-10H,1H3,(H,19,20,21)/b15-10+. The van der Waals surface area contributed by atoms with Gasteiger partial charge in [-0.25, -0.2) is 4.99 Å². The van der Waals surface area contributed by atoms with E-state index in [1.807, 2.05) is 54.6 Å². The summed E-state index contributed by atoms with van der Waals surface area (Å²) in [4.78, 5) is 17.1. The van der Waals surface area contributed by atoms with E-state index in [0.717, 1.165) is 21.5 Å². The molecule has 1 aliphatic rings. The van der Waals surface area contributed by atoms with E-state index in [9.17, 15) is 4.79 Å². The van der Waals surface area contributed by atoms with Gasteiger partial charge in [-0.15, -0.1) is 0 Å². The van der Waals surface area contributed by atoms with Crippen molar-refractivity contribution in [2.75, 3.05) is 7.11 Å². The summed E-state index contributed by atoms with van der Waals surface area (Å²) < 4.78 is 6.18. The van der Waals surface area contributed by atoms with Crippen LogP contribution in [0.15, 0.2) is 62.9 Å². The number of nitrogens with zero attached hydrogens (tertiary/aromatic N) is 1. The highest BCUT2D eigenvalue weighted by Crippen LogP contribution is 2.29. The number of methoxy groups -OCH3 is 1. The molecule has 3 rings (SSSR count). The molecule has 0 bridgehead atoms. The Balaban J connectivity index is 1.81. The van der Waals surface area contributed by atoms with Gasteiger partial charge in [-0.1, -0.05) is 28.1 Å². The summed E-state index contributed by atoms with van der Waals surface area (Å²) in [6, 6.07) is 15.1. The molecule has 0 spiro atoms. The number of amides is 1. The lowest BCUT2D eigenvalue weighted by molar-refractivity contribution is -0.115. The molecule has 1 heterocycles. The molecule has 23 heavy (non-hydrogen) atoms. The Labute approximate surface area is 146 Å². The second-order valence-electron chi connectivity index (χ2n) is 4.73. The molecule has 0 aliphatic carbocycles. The van der Waals surface area contributed by atoms with Crippen molar-refractivity contribution in [1.29, 1.82) is 0 Å². The number of benzene rings is 2. The number of aliphatic imine (C=N–C) groups is 1. The summed E-state index contributed by atoms with van der Waals surface area (Å²) in [5.74, 6) is 0.611. The first kappa shape index (κ1) is 15.8. The van der Waals surface area contributed by atoms with Crippen molar-refractivity contribution in [3.05, 3.63) is 63.5 Å². The molecule has 1 N–H and O–H groups in total. The molecular weight excluding hydrogens is 376 g/mol. The van der Waals surface area contributed by atoms with Gasteiger partial charge in [0.25, 0.3) is 5.91 Å².